The first-order valence-corrected chi connectivity index (χ1v) is 7.65. The van der Waals surface area contributed by atoms with Crippen LogP contribution in [-0.2, 0) is 11.3 Å². The van der Waals surface area contributed by atoms with Gasteiger partial charge in [0.1, 0.15) is 0 Å². The number of piperazine rings is 1. The summed E-state index contributed by atoms with van der Waals surface area (Å²) in [5.41, 5.74) is 2.45. The fourth-order valence-corrected chi connectivity index (χ4v) is 3.06. The molecule has 1 saturated heterocycles. The Bertz CT molecular complexity index is 582. The molecule has 0 spiro atoms. The zero-order chi connectivity index (χ0) is 14.5. The summed E-state index contributed by atoms with van der Waals surface area (Å²) in [6.07, 6.45) is 2.95. The van der Waals surface area contributed by atoms with E-state index in [9.17, 15) is 0 Å². The van der Waals surface area contributed by atoms with Crippen LogP contribution in [0.25, 0.3) is 10.9 Å². The molecule has 1 N–H and O–H groups in total. The zero-order valence-corrected chi connectivity index (χ0v) is 12.6. The third kappa shape index (κ3) is 3.40. The predicted octanol–water partition coefficient (Wildman–Crippen LogP) is 2.05. The summed E-state index contributed by atoms with van der Waals surface area (Å²) in [6.45, 7) is 4.96. The van der Waals surface area contributed by atoms with Crippen molar-refractivity contribution in [3.8, 4) is 0 Å². The van der Waals surface area contributed by atoms with Crippen LogP contribution in [-0.4, -0.2) is 49.3 Å². The van der Waals surface area contributed by atoms with Gasteiger partial charge in [0.05, 0.1) is 5.52 Å². The van der Waals surface area contributed by atoms with Crippen LogP contribution in [0.1, 0.15) is 12.0 Å². The van der Waals surface area contributed by atoms with Crippen molar-refractivity contribution in [2.24, 2.45) is 0 Å². The van der Waals surface area contributed by atoms with Crippen LogP contribution in [0.5, 0.6) is 0 Å². The summed E-state index contributed by atoms with van der Waals surface area (Å²) in [5, 5.41) is 4.70. The molecule has 0 radical (unpaired) electrons. The monoisotopic (exact) mass is 285 g/mol. The number of hydrogen-bond donors (Lipinski definition) is 1. The highest BCUT2D eigenvalue weighted by Crippen LogP contribution is 2.20. The van der Waals surface area contributed by atoms with Gasteiger partial charge in [-0.3, -0.25) is 9.88 Å². The van der Waals surface area contributed by atoms with Crippen molar-refractivity contribution in [1.29, 1.82) is 0 Å². The van der Waals surface area contributed by atoms with Gasteiger partial charge < -0.3 is 10.1 Å². The number of rotatable bonds is 5. The molecule has 4 nitrogen and oxygen atoms in total. The van der Waals surface area contributed by atoms with Gasteiger partial charge in [0, 0.05) is 57.5 Å². The molecule has 0 bridgehead atoms. The van der Waals surface area contributed by atoms with E-state index in [0.29, 0.717) is 6.04 Å². The van der Waals surface area contributed by atoms with Crippen LogP contribution in [0, 0.1) is 0 Å². The Kier molecular flexibility index (Phi) is 4.80. The quantitative estimate of drug-likeness (QED) is 0.912. The summed E-state index contributed by atoms with van der Waals surface area (Å²) in [4.78, 5) is 7.12. The van der Waals surface area contributed by atoms with Gasteiger partial charge in [-0.1, -0.05) is 24.3 Å². The Morgan fingerprint density at radius 1 is 1.33 bits per heavy atom. The minimum atomic E-state index is 0.540. The molecule has 0 aliphatic carbocycles. The van der Waals surface area contributed by atoms with Crippen LogP contribution in [0.4, 0.5) is 0 Å². The number of benzene rings is 1. The molecule has 21 heavy (non-hydrogen) atoms. The minimum absolute atomic E-state index is 0.540. The lowest BCUT2D eigenvalue weighted by molar-refractivity contribution is 0.107. The molecule has 1 aliphatic rings. The molecule has 2 aromatic rings. The second kappa shape index (κ2) is 6.98. The first kappa shape index (κ1) is 14.4. The minimum Gasteiger partial charge on any atom is -0.385 e. The average Bonchev–Trinajstić information content (AvgIpc) is 2.54. The number of ether oxygens (including phenoxy) is 1. The fourth-order valence-electron chi connectivity index (χ4n) is 3.06. The van der Waals surface area contributed by atoms with Crippen LogP contribution in [0.3, 0.4) is 0 Å². The van der Waals surface area contributed by atoms with Crippen molar-refractivity contribution in [2.45, 2.75) is 19.0 Å². The van der Waals surface area contributed by atoms with Gasteiger partial charge in [-0.25, -0.2) is 0 Å². The van der Waals surface area contributed by atoms with Crippen LogP contribution < -0.4 is 5.32 Å². The predicted molar refractivity (Wildman–Crippen MR) is 85.3 cm³/mol. The molecule has 0 amide bonds. The van der Waals surface area contributed by atoms with Crippen LogP contribution in [0.2, 0.25) is 0 Å². The summed E-state index contributed by atoms with van der Waals surface area (Å²) in [6, 6.07) is 11.1. The van der Waals surface area contributed by atoms with E-state index in [1.54, 1.807) is 7.11 Å². The van der Waals surface area contributed by atoms with Gasteiger partial charge in [-0.05, 0) is 18.1 Å². The summed E-state index contributed by atoms with van der Waals surface area (Å²) < 4.78 is 5.25. The second-order valence-corrected chi connectivity index (χ2v) is 5.60. The van der Waals surface area contributed by atoms with E-state index in [-0.39, 0.29) is 0 Å². The largest absolute Gasteiger partial charge is 0.385 e. The number of nitrogens with zero attached hydrogens (tertiary/aromatic N) is 2. The van der Waals surface area contributed by atoms with Gasteiger partial charge in [-0.2, -0.15) is 0 Å². The molecular formula is C17H23N3O. The highest BCUT2D eigenvalue weighted by Gasteiger charge is 2.22. The Balaban J connectivity index is 1.79. The third-order valence-corrected chi connectivity index (χ3v) is 4.22. The van der Waals surface area contributed by atoms with Gasteiger partial charge in [0.2, 0.25) is 0 Å². The number of pyridine rings is 1. The number of methoxy groups -OCH3 is 1. The average molecular weight is 285 g/mol. The van der Waals surface area contributed by atoms with E-state index in [1.165, 1.54) is 10.9 Å². The maximum atomic E-state index is 5.25. The van der Waals surface area contributed by atoms with E-state index < -0.39 is 0 Å². The molecule has 1 atom stereocenters. The van der Waals surface area contributed by atoms with Crippen molar-refractivity contribution in [1.82, 2.24) is 15.2 Å². The van der Waals surface area contributed by atoms with Crippen LogP contribution >= 0.6 is 0 Å². The Morgan fingerprint density at radius 2 is 2.24 bits per heavy atom. The first-order chi connectivity index (χ1) is 10.4. The van der Waals surface area contributed by atoms with E-state index in [4.69, 9.17) is 4.74 Å². The Labute approximate surface area is 126 Å². The normalized spacial score (nSPS) is 20.0. The standard InChI is InChI=1S/C17H23N3O/c1-21-11-7-16-12-18-9-10-20(16)13-15-5-2-4-14-6-3-8-19-17(14)15/h2-6,8,16,18H,7,9-13H2,1H3. The molecule has 2 heterocycles. The van der Waals surface area contributed by atoms with E-state index in [2.05, 4.69) is 39.5 Å². The van der Waals surface area contributed by atoms with Crippen molar-refractivity contribution in [3.63, 3.8) is 0 Å². The Hall–Kier alpha value is -1.49. The number of fused-ring (bicyclic) bond motifs is 1. The number of nitrogens with one attached hydrogen (secondary N) is 1. The van der Waals surface area contributed by atoms with Gasteiger partial charge in [0.25, 0.3) is 0 Å². The van der Waals surface area contributed by atoms with E-state index in [0.717, 1.165) is 44.7 Å². The highest BCUT2D eigenvalue weighted by molar-refractivity contribution is 5.81. The smallest absolute Gasteiger partial charge is 0.0746 e. The van der Waals surface area contributed by atoms with Crippen molar-refractivity contribution >= 4 is 10.9 Å². The molecule has 3 rings (SSSR count). The van der Waals surface area contributed by atoms with E-state index >= 15 is 0 Å². The molecular weight excluding hydrogens is 262 g/mol. The lowest BCUT2D eigenvalue weighted by atomic mass is 10.1. The fraction of sp³-hybridized carbons (Fsp3) is 0.471. The number of aromatic nitrogens is 1. The highest BCUT2D eigenvalue weighted by atomic mass is 16.5. The maximum Gasteiger partial charge on any atom is 0.0746 e. The summed E-state index contributed by atoms with van der Waals surface area (Å²) in [7, 11) is 1.77. The summed E-state index contributed by atoms with van der Waals surface area (Å²) >= 11 is 0. The molecule has 1 unspecified atom stereocenters. The third-order valence-electron chi connectivity index (χ3n) is 4.22. The Morgan fingerprint density at radius 3 is 3.14 bits per heavy atom. The zero-order valence-electron chi connectivity index (χ0n) is 12.6. The van der Waals surface area contributed by atoms with Gasteiger partial charge >= 0.3 is 0 Å². The topological polar surface area (TPSA) is 37.4 Å². The summed E-state index contributed by atoms with van der Waals surface area (Å²) in [5.74, 6) is 0. The molecule has 1 aliphatic heterocycles. The van der Waals surface area contributed by atoms with Crippen molar-refractivity contribution in [2.75, 3.05) is 33.4 Å². The maximum absolute atomic E-state index is 5.25. The lowest BCUT2D eigenvalue weighted by Crippen LogP contribution is -2.51. The second-order valence-electron chi connectivity index (χ2n) is 5.60. The molecule has 1 aromatic heterocycles. The molecule has 0 saturated carbocycles. The lowest BCUT2D eigenvalue weighted by Gasteiger charge is -2.36. The SMILES string of the molecule is COCCC1CNCCN1Cc1cccc2cccnc12. The number of para-hydroxylation sites is 1. The van der Waals surface area contributed by atoms with Gasteiger partial charge in [0.15, 0.2) is 0 Å². The van der Waals surface area contributed by atoms with Gasteiger partial charge in [-0.15, -0.1) is 0 Å². The first-order valence-electron chi connectivity index (χ1n) is 7.65. The molecule has 4 heteroatoms. The van der Waals surface area contributed by atoms with E-state index in [1.807, 2.05) is 12.3 Å². The van der Waals surface area contributed by atoms with Crippen LogP contribution in [0.15, 0.2) is 36.5 Å². The molecule has 112 valence electrons. The molecule has 1 aromatic carbocycles. The molecule has 1 fully saturated rings. The van der Waals surface area contributed by atoms with Crippen molar-refractivity contribution < 1.29 is 4.74 Å². The van der Waals surface area contributed by atoms with Crippen molar-refractivity contribution in [3.05, 3.63) is 42.1 Å². The number of hydrogen-bond acceptors (Lipinski definition) is 4.